The van der Waals surface area contributed by atoms with Crippen LogP contribution in [0.5, 0.6) is 0 Å². The van der Waals surface area contributed by atoms with Crippen molar-refractivity contribution in [3.8, 4) is 0 Å². The van der Waals surface area contributed by atoms with E-state index in [1.54, 1.807) is 0 Å². The van der Waals surface area contributed by atoms with Crippen molar-refractivity contribution in [1.29, 1.82) is 0 Å². The van der Waals surface area contributed by atoms with Gasteiger partial charge in [-0.05, 0) is 0 Å². The normalized spacial score (nSPS) is 6.00. The number of hydrogen-bond acceptors (Lipinski definition) is 2. The molecule has 2 nitrogen and oxygen atoms in total. The van der Waals surface area contributed by atoms with E-state index in [9.17, 15) is 0 Å². The first kappa shape index (κ1) is 9.39. The molecule has 0 aliphatic carbocycles. The largest absolute Gasteiger partial charge is 0.337 e. The van der Waals surface area contributed by atoms with Gasteiger partial charge in [0.2, 0.25) is 0 Å². The quantitative estimate of drug-likeness (QED) is 0.410. The number of rotatable bonds is 1. The minimum atomic E-state index is 0. The SMILES string of the molecule is [CH2-]CON.[Y]. The Balaban J connectivity index is 0. The third kappa shape index (κ3) is 11.2. The Morgan fingerprint density at radius 1 is 1.80 bits per heavy atom. The van der Waals surface area contributed by atoms with Gasteiger partial charge in [0.25, 0.3) is 0 Å². The van der Waals surface area contributed by atoms with E-state index in [0.717, 1.165) is 0 Å². The maximum absolute atomic E-state index is 4.47. The van der Waals surface area contributed by atoms with Crippen LogP contribution in [0.4, 0.5) is 0 Å². The summed E-state index contributed by atoms with van der Waals surface area (Å²) < 4.78 is 0. The van der Waals surface area contributed by atoms with Crippen LogP contribution >= 0.6 is 0 Å². The molecule has 0 aromatic rings. The monoisotopic (exact) mass is 149 g/mol. The first-order chi connectivity index (χ1) is 1.91. The number of hydrogen-bond donors (Lipinski definition) is 1. The van der Waals surface area contributed by atoms with Crippen molar-refractivity contribution < 1.29 is 37.5 Å². The van der Waals surface area contributed by atoms with Gasteiger partial charge in [-0.15, -0.1) is 0 Å². The molecule has 5 heavy (non-hydrogen) atoms. The predicted molar refractivity (Wildman–Crippen MR) is 15.5 cm³/mol. The van der Waals surface area contributed by atoms with Crippen LogP contribution in [0.15, 0.2) is 0 Å². The van der Waals surface area contributed by atoms with Gasteiger partial charge < -0.3 is 11.8 Å². The van der Waals surface area contributed by atoms with Crippen LogP contribution in [-0.4, -0.2) is 6.61 Å². The Labute approximate surface area is 56.9 Å². The van der Waals surface area contributed by atoms with E-state index in [2.05, 4.69) is 17.7 Å². The molecule has 0 bridgehead atoms. The summed E-state index contributed by atoms with van der Waals surface area (Å²) in [5.41, 5.74) is 0. The van der Waals surface area contributed by atoms with Crippen LogP contribution in [0.3, 0.4) is 0 Å². The maximum Gasteiger partial charge on any atom is 0 e. The Bertz CT molecular complexity index is 11.6. The van der Waals surface area contributed by atoms with Gasteiger partial charge in [-0.25, -0.2) is 5.90 Å². The van der Waals surface area contributed by atoms with Gasteiger partial charge in [0.05, 0.1) is 0 Å². The Hall–Kier alpha value is 1.02. The van der Waals surface area contributed by atoms with Crippen LogP contribution in [-0.2, 0) is 37.5 Å². The second-order valence-electron chi connectivity index (χ2n) is 0.371. The second kappa shape index (κ2) is 8.90. The molecule has 0 aliphatic heterocycles. The number of nitrogens with two attached hydrogens (primary N) is 1. The summed E-state index contributed by atoms with van der Waals surface area (Å²) >= 11 is 0. The van der Waals surface area contributed by atoms with Crippen molar-refractivity contribution in [3.05, 3.63) is 6.92 Å². The summed E-state index contributed by atoms with van der Waals surface area (Å²) in [6, 6.07) is 0. The summed E-state index contributed by atoms with van der Waals surface area (Å²) in [4.78, 5) is 3.93. The maximum atomic E-state index is 4.47. The smallest absolute Gasteiger partial charge is 0 e. The summed E-state index contributed by atoms with van der Waals surface area (Å²) in [5, 5.41) is 0. The zero-order valence-electron chi connectivity index (χ0n) is 2.98. The van der Waals surface area contributed by atoms with Crippen molar-refractivity contribution in [2.24, 2.45) is 5.90 Å². The fourth-order valence-corrected chi connectivity index (χ4v) is 0. The molecule has 0 saturated heterocycles. The Morgan fingerprint density at radius 3 is 2.00 bits per heavy atom. The zero-order chi connectivity index (χ0) is 3.41. The van der Waals surface area contributed by atoms with Gasteiger partial charge in [0, 0.05) is 32.7 Å². The third-order valence-electron chi connectivity index (χ3n) is 0.118. The average molecular weight is 149 g/mol. The molecular formula is C2H6NOY-. The summed E-state index contributed by atoms with van der Waals surface area (Å²) in [7, 11) is 0. The average Bonchev–Trinajstić information content (AvgIpc) is 1.37. The van der Waals surface area contributed by atoms with Gasteiger partial charge >= 0.3 is 0 Å². The van der Waals surface area contributed by atoms with Crippen LogP contribution in [0.1, 0.15) is 0 Å². The standard InChI is InChI=1S/C2H6NO.Y/c1-2-4-3;/h1-3H2;/q-1;. The topological polar surface area (TPSA) is 35.2 Å². The fraction of sp³-hybridized carbons (Fsp3) is 0.500. The molecule has 2 N–H and O–H groups in total. The summed E-state index contributed by atoms with van der Waals surface area (Å²) in [6.07, 6.45) is 0. The molecule has 0 spiro atoms. The zero-order valence-corrected chi connectivity index (χ0v) is 5.82. The van der Waals surface area contributed by atoms with Crippen molar-refractivity contribution in [2.45, 2.75) is 0 Å². The van der Waals surface area contributed by atoms with Crippen molar-refractivity contribution in [1.82, 2.24) is 0 Å². The van der Waals surface area contributed by atoms with Gasteiger partial charge in [-0.1, -0.05) is 6.61 Å². The predicted octanol–water partition coefficient (Wildman–Crippen LogP) is -0.292. The first-order valence-electron chi connectivity index (χ1n) is 1.02. The van der Waals surface area contributed by atoms with E-state index in [1.807, 2.05) is 0 Å². The second-order valence-corrected chi connectivity index (χ2v) is 0.371. The summed E-state index contributed by atoms with van der Waals surface area (Å²) in [5.74, 6) is 4.47. The molecule has 0 rings (SSSR count). The van der Waals surface area contributed by atoms with E-state index < -0.39 is 0 Å². The minimum absolute atomic E-state index is 0. The molecule has 0 fully saturated rings. The van der Waals surface area contributed by atoms with Gasteiger partial charge in [-0.2, -0.15) is 0 Å². The molecule has 0 saturated carbocycles. The molecule has 0 atom stereocenters. The fourth-order valence-electron chi connectivity index (χ4n) is 0. The van der Waals surface area contributed by atoms with E-state index in [-0.39, 0.29) is 32.7 Å². The van der Waals surface area contributed by atoms with Crippen molar-refractivity contribution in [3.63, 3.8) is 0 Å². The van der Waals surface area contributed by atoms with Crippen molar-refractivity contribution in [2.75, 3.05) is 6.61 Å². The van der Waals surface area contributed by atoms with Crippen LogP contribution in [0.2, 0.25) is 0 Å². The molecule has 3 heteroatoms. The molecule has 0 aromatic carbocycles. The minimum Gasteiger partial charge on any atom is -0.337 e. The molecular weight excluding hydrogens is 143 g/mol. The molecule has 0 unspecified atom stereocenters. The van der Waals surface area contributed by atoms with E-state index in [1.165, 1.54) is 0 Å². The van der Waals surface area contributed by atoms with Gasteiger partial charge in [-0.3, -0.25) is 0 Å². The van der Waals surface area contributed by atoms with Crippen LogP contribution < -0.4 is 5.90 Å². The summed E-state index contributed by atoms with van der Waals surface area (Å²) in [6.45, 7) is 3.60. The molecule has 29 valence electrons. The molecule has 0 heterocycles. The Morgan fingerprint density at radius 2 is 2.00 bits per heavy atom. The van der Waals surface area contributed by atoms with Crippen LogP contribution in [0, 0.1) is 6.92 Å². The van der Waals surface area contributed by atoms with Gasteiger partial charge in [0.15, 0.2) is 0 Å². The van der Waals surface area contributed by atoms with Gasteiger partial charge in [0.1, 0.15) is 0 Å². The first-order valence-corrected chi connectivity index (χ1v) is 1.02. The van der Waals surface area contributed by atoms with Crippen molar-refractivity contribution >= 4 is 0 Å². The molecule has 1 radical (unpaired) electrons. The molecule has 0 aliphatic rings. The Kier molecular flexibility index (Phi) is 16.7. The van der Waals surface area contributed by atoms with E-state index >= 15 is 0 Å². The van der Waals surface area contributed by atoms with Crippen LogP contribution in [0.25, 0.3) is 0 Å². The van der Waals surface area contributed by atoms with E-state index in [0.29, 0.717) is 6.61 Å². The molecule has 0 amide bonds. The third-order valence-corrected chi connectivity index (χ3v) is 0.118. The van der Waals surface area contributed by atoms with E-state index in [4.69, 9.17) is 0 Å². The molecule has 0 aromatic heterocycles.